The van der Waals surface area contributed by atoms with Crippen LogP contribution < -0.4 is 16.0 Å². The molecule has 6 nitrogen and oxygen atoms in total. The maximum Gasteiger partial charge on any atom is 0.254 e. The van der Waals surface area contributed by atoms with Crippen LogP contribution in [0.3, 0.4) is 0 Å². The van der Waals surface area contributed by atoms with Gasteiger partial charge >= 0.3 is 0 Å². The average molecular weight is 323 g/mol. The molecule has 6 heteroatoms. The molecule has 1 aliphatic heterocycles. The Morgan fingerprint density at radius 2 is 1.79 bits per heavy atom. The average Bonchev–Trinajstić information content (AvgIpc) is 2.67. The third-order valence-electron chi connectivity index (χ3n) is 3.86. The van der Waals surface area contributed by atoms with Gasteiger partial charge in [0.2, 0.25) is 11.8 Å². The Hall–Kier alpha value is -3.15. The molecule has 0 spiro atoms. The minimum atomic E-state index is -0.922. The second kappa shape index (κ2) is 6.54. The van der Waals surface area contributed by atoms with E-state index >= 15 is 0 Å². The van der Waals surface area contributed by atoms with Gasteiger partial charge in [-0.1, -0.05) is 30.3 Å². The minimum absolute atomic E-state index is 0.139. The van der Waals surface area contributed by atoms with Crippen LogP contribution in [0.5, 0.6) is 0 Å². The smallest absolute Gasteiger partial charge is 0.254 e. The number of anilines is 2. The molecule has 0 unspecified atom stereocenters. The molecule has 0 aliphatic carbocycles. The summed E-state index contributed by atoms with van der Waals surface area (Å²) in [7, 11) is 0. The molecule has 1 atom stereocenters. The van der Waals surface area contributed by atoms with Crippen molar-refractivity contribution in [2.45, 2.75) is 19.4 Å². The van der Waals surface area contributed by atoms with Gasteiger partial charge in [0.25, 0.3) is 5.91 Å². The van der Waals surface area contributed by atoms with Gasteiger partial charge in [0, 0.05) is 5.69 Å². The molecule has 1 heterocycles. The van der Waals surface area contributed by atoms with Crippen LogP contribution >= 0.6 is 0 Å². The molecule has 24 heavy (non-hydrogen) atoms. The van der Waals surface area contributed by atoms with Crippen LogP contribution in [-0.4, -0.2) is 23.8 Å². The SMILES string of the molecule is Cc1ccccc1NC(=O)C[C@@H]1NC(=O)c2ccccc2NC1=O. The second-order valence-corrected chi connectivity index (χ2v) is 5.63. The van der Waals surface area contributed by atoms with Crippen molar-refractivity contribution in [2.24, 2.45) is 0 Å². The Morgan fingerprint density at radius 1 is 1.08 bits per heavy atom. The zero-order chi connectivity index (χ0) is 17.1. The first-order valence-electron chi connectivity index (χ1n) is 7.61. The van der Waals surface area contributed by atoms with Gasteiger partial charge in [-0.25, -0.2) is 0 Å². The van der Waals surface area contributed by atoms with E-state index in [4.69, 9.17) is 0 Å². The van der Waals surface area contributed by atoms with Crippen LogP contribution in [0.25, 0.3) is 0 Å². The maximum absolute atomic E-state index is 12.3. The molecule has 0 saturated carbocycles. The molecule has 0 bridgehead atoms. The zero-order valence-corrected chi connectivity index (χ0v) is 13.1. The van der Waals surface area contributed by atoms with Crippen LogP contribution in [-0.2, 0) is 9.59 Å². The summed E-state index contributed by atoms with van der Waals surface area (Å²) in [5.74, 6) is -1.12. The summed E-state index contributed by atoms with van der Waals surface area (Å²) in [6.07, 6.45) is -0.139. The van der Waals surface area contributed by atoms with E-state index in [1.807, 2.05) is 25.1 Å². The predicted octanol–water partition coefficient (Wildman–Crippen LogP) is 2.07. The number of aryl methyl sites for hydroxylation is 1. The van der Waals surface area contributed by atoms with Crippen LogP contribution in [0, 0.1) is 6.92 Å². The van der Waals surface area contributed by atoms with E-state index in [9.17, 15) is 14.4 Å². The van der Waals surface area contributed by atoms with Gasteiger partial charge in [-0.05, 0) is 30.7 Å². The second-order valence-electron chi connectivity index (χ2n) is 5.63. The molecule has 3 amide bonds. The van der Waals surface area contributed by atoms with Crippen molar-refractivity contribution in [3.8, 4) is 0 Å². The van der Waals surface area contributed by atoms with Crippen molar-refractivity contribution in [3.63, 3.8) is 0 Å². The summed E-state index contributed by atoms with van der Waals surface area (Å²) in [6.45, 7) is 1.88. The number of amides is 3. The van der Waals surface area contributed by atoms with Gasteiger partial charge in [0.1, 0.15) is 6.04 Å². The third-order valence-corrected chi connectivity index (χ3v) is 3.86. The Kier molecular flexibility index (Phi) is 4.29. The number of fused-ring (bicyclic) bond motifs is 1. The Balaban J connectivity index is 1.72. The van der Waals surface area contributed by atoms with E-state index in [2.05, 4.69) is 16.0 Å². The topological polar surface area (TPSA) is 87.3 Å². The van der Waals surface area contributed by atoms with Crippen molar-refractivity contribution in [1.82, 2.24) is 5.32 Å². The summed E-state index contributed by atoms with van der Waals surface area (Å²) in [5, 5.41) is 8.05. The molecule has 0 saturated heterocycles. The number of carbonyl (C=O) groups is 3. The molecule has 2 aromatic carbocycles. The number of benzene rings is 2. The van der Waals surface area contributed by atoms with Gasteiger partial charge < -0.3 is 16.0 Å². The summed E-state index contributed by atoms with van der Waals surface area (Å²) < 4.78 is 0. The summed E-state index contributed by atoms with van der Waals surface area (Å²) in [4.78, 5) is 36.7. The Bertz CT molecular complexity index is 817. The summed E-state index contributed by atoms with van der Waals surface area (Å²) in [6, 6.07) is 13.2. The highest BCUT2D eigenvalue weighted by Crippen LogP contribution is 2.19. The first-order valence-corrected chi connectivity index (χ1v) is 7.61. The maximum atomic E-state index is 12.3. The van der Waals surface area contributed by atoms with Gasteiger partial charge in [-0.2, -0.15) is 0 Å². The van der Waals surface area contributed by atoms with Gasteiger partial charge in [-0.3, -0.25) is 14.4 Å². The van der Waals surface area contributed by atoms with E-state index in [-0.39, 0.29) is 18.2 Å². The van der Waals surface area contributed by atoms with Crippen LogP contribution in [0.15, 0.2) is 48.5 Å². The number of hydrogen-bond donors (Lipinski definition) is 3. The standard InChI is InChI=1S/C18H17N3O3/c1-11-6-2-4-8-13(11)19-16(22)10-15-18(24)20-14-9-5-3-7-12(14)17(23)21-15/h2-9,15H,10H2,1H3,(H,19,22)(H,20,24)(H,21,23)/t15-/m0/s1. The number of para-hydroxylation sites is 2. The number of carbonyl (C=O) groups excluding carboxylic acids is 3. The van der Waals surface area contributed by atoms with Gasteiger partial charge in [0.05, 0.1) is 17.7 Å². The van der Waals surface area contributed by atoms with Crippen LogP contribution in [0.4, 0.5) is 11.4 Å². The van der Waals surface area contributed by atoms with Crippen molar-refractivity contribution < 1.29 is 14.4 Å². The third kappa shape index (κ3) is 3.27. The first kappa shape index (κ1) is 15.7. The first-order chi connectivity index (χ1) is 11.5. The molecule has 122 valence electrons. The number of rotatable bonds is 3. The predicted molar refractivity (Wildman–Crippen MR) is 90.8 cm³/mol. The summed E-state index contributed by atoms with van der Waals surface area (Å²) in [5.41, 5.74) is 2.44. The van der Waals surface area contributed by atoms with E-state index in [0.717, 1.165) is 5.56 Å². The lowest BCUT2D eigenvalue weighted by atomic mass is 10.1. The largest absolute Gasteiger partial charge is 0.340 e. The summed E-state index contributed by atoms with van der Waals surface area (Å²) >= 11 is 0. The monoisotopic (exact) mass is 323 g/mol. The van der Waals surface area contributed by atoms with E-state index in [1.165, 1.54) is 0 Å². The van der Waals surface area contributed by atoms with Crippen molar-refractivity contribution in [1.29, 1.82) is 0 Å². The van der Waals surface area contributed by atoms with E-state index in [0.29, 0.717) is 16.9 Å². The highest BCUT2D eigenvalue weighted by atomic mass is 16.2. The number of hydrogen-bond acceptors (Lipinski definition) is 3. The van der Waals surface area contributed by atoms with Crippen LogP contribution in [0.1, 0.15) is 22.3 Å². The molecule has 0 aromatic heterocycles. The molecule has 1 aliphatic rings. The fourth-order valence-corrected chi connectivity index (χ4v) is 2.56. The molecular weight excluding hydrogens is 306 g/mol. The van der Waals surface area contributed by atoms with Crippen molar-refractivity contribution >= 4 is 29.1 Å². The molecule has 3 rings (SSSR count). The molecule has 0 radical (unpaired) electrons. The highest BCUT2D eigenvalue weighted by Gasteiger charge is 2.29. The quantitative estimate of drug-likeness (QED) is 0.808. The van der Waals surface area contributed by atoms with E-state index in [1.54, 1.807) is 30.3 Å². The van der Waals surface area contributed by atoms with Gasteiger partial charge in [0.15, 0.2) is 0 Å². The molecular formula is C18H17N3O3. The fourth-order valence-electron chi connectivity index (χ4n) is 2.56. The fraction of sp³-hybridized carbons (Fsp3) is 0.167. The van der Waals surface area contributed by atoms with Gasteiger partial charge in [-0.15, -0.1) is 0 Å². The molecule has 3 N–H and O–H groups in total. The Morgan fingerprint density at radius 3 is 2.58 bits per heavy atom. The Labute approximate surface area is 139 Å². The lowest BCUT2D eigenvalue weighted by Crippen LogP contribution is -2.43. The lowest BCUT2D eigenvalue weighted by Gasteiger charge is -2.15. The minimum Gasteiger partial charge on any atom is -0.340 e. The zero-order valence-electron chi connectivity index (χ0n) is 13.1. The van der Waals surface area contributed by atoms with Crippen molar-refractivity contribution in [2.75, 3.05) is 10.6 Å². The lowest BCUT2D eigenvalue weighted by molar-refractivity contribution is -0.122. The normalized spacial score (nSPS) is 16.5. The van der Waals surface area contributed by atoms with Crippen LogP contribution in [0.2, 0.25) is 0 Å². The molecule has 2 aromatic rings. The van der Waals surface area contributed by atoms with E-state index < -0.39 is 11.9 Å². The number of nitrogens with one attached hydrogen (secondary N) is 3. The highest BCUT2D eigenvalue weighted by molar-refractivity contribution is 6.11. The van der Waals surface area contributed by atoms with Crippen molar-refractivity contribution in [3.05, 3.63) is 59.7 Å². The molecule has 0 fully saturated rings.